The molecule has 96 valence electrons. The van der Waals surface area contributed by atoms with Crippen molar-refractivity contribution in [2.45, 2.75) is 58.4 Å². The third-order valence-electron chi connectivity index (χ3n) is 3.43. The molecular formula is C14H30N2. The van der Waals surface area contributed by atoms with Crippen LogP contribution in [0.1, 0.15) is 52.4 Å². The first-order valence-electron chi connectivity index (χ1n) is 7.12. The summed E-state index contributed by atoms with van der Waals surface area (Å²) in [6, 6.07) is 0.947. The molecule has 2 nitrogen and oxygen atoms in total. The molecule has 1 rings (SSSR count). The van der Waals surface area contributed by atoms with E-state index in [0.717, 1.165) is 12.0 Å². The maximum atomic E-state index is 3.22. The van der Waals surface area contributed by atoms with Crippen molar-refractivity contribution in [2.24, 2.45) is 5.92 Å². The largest absolute Gasteiger partial charge is 0.320 e. The van der Waals surface area contributed by atoms with Crippen LogP contribution in [0, 0.1) is 5.92 Å². The highest BCUT2D eigenvalue weighted by Gasteiger charge is 2.27. The van der Waals surface area contributed by atoms with Crippen LogP contribution in [0.4, 0.5) is 0 Å². The maximum Gasteiger partial charge on any atom is 0.00964 e. The Morgan fingerprint density at radius 3 is 2.44 bits per heavy atom. The maximum absolute atomic E-state index is 3.22. The zero-order chi connectivity index (χ0) is 11.8. The number of hydrogen-bond donors (Lipinski definition) is 1. The third-order valence-corrected chi connectivity index (χ3v) is 3.43. The molecule has 0 atom stereocenters. The van der Waals surface area contributed by atoms with Crippen LogP contribution in [0.25, 0.3) is 0 Å². The number of nitrogens with one attached hydrogen (secondary N) is 1. The molecule has 1 aliphatic carbocycles. The van der Waals surface area contributed by atoms with Crippen LogP contribution in [-0.2, 0) is 0 Å². The van der Waals surface area contributed by atoms with Gasteiger partial charge in [0.1, 0.15) is 0 Å². The Labute approximate surface area is 102 Å². The molecule has 0 unspecified atom stereocenters. The summed E-state index contributed by atoms with van der Waals surface area (Å²) < 4.78 is 0. The van der Waals surface area contributed by atoms with Crippen LogP contribution in [0.5, 0.6) is 0 Å². The Morgan fingerprint density at radius 2 is 1.88 bits per heavy atom. The molecule has 1 N–H and O–H groups in total. The minimum atomic E-state index is 0.852. The topological polar surface area (TPSA) is 15.3 Å². The molecular weight excluding hydrogens is 196 g/mol. The minimum Gasteiger partial charge on any atom is -0.320 e. The first-order chi connectivity index (χ1) is 7.74. The predicted molar refractivity (Wildman–Crippen MR) is 71.8 cm³/mol. The summed E-state index contributed by atoms with van der Waals surface area (Å²) in [6.45, 7) is 8.50. The molecule has 2 heteroatoms. The van der Waals surface area contributed by atoms with Gasteiger partial charge < -0.3 is 10.2 Å². The Kier molecular flexibility index (Phi) is 7.06. The molecule has 1 aliphatic rings. The number of unbranched alkanes of at least 4 members (excludes halogenated alkanes) is 2. The van der Waals surface area contributed by atoms with Gasteiger partial charge in [0, 0.05) is 6.04 Å². The molecule has 0 bridgehead atoms. The third kappa shape index (κ3) is 6.49. The molecule has 16 heavy (non-hydrogen) atoms. The van der Waals surface area contributed by atoms with Gasteiger partial charge in [-0.05, 0) is 64.7 Å². The van der Waals surface area contributed by atoms with E-state index in [0.29, 0.717) is 0 Å². The van der Waals surface area contributed by atoms with Crippen molar-refractivity contribution in [3.05, 3.63) is 0 Å². The standard InChI is InChI=1S/C14H30N2/c1-13(2)9-12-16(14-7-8-14)11-6-4-5-10-15-3/h13-15H,4-12H2,1-3H3. The molecule has 0 aromatic heterocycles. The molecule has 0 heterocycles. The van der Waals surface area contributed by atoms with E-state index in [4.69, 9.17) is 0 Å². The average molecular weight is 226 g/mol. The van der Waals surface area contributed by atoms with Gasteiger partial charge in [-0.1, -0.05) is 20.3 Å². The summed E-state index contributed by atoms with van der Waals surface area (Å²) in [4.78, 5) is 2.74. The quantitative estimate of drug-likeness (QED) is 0.576. The smallest absolute Gasteiger partial charge is 0.00964 e. The summed E-state index contributed by atoms with van der Waals surface area (Å²) in [5, 5.41) is 3.22. The predicted octanol–water partition coefficient (Wildman–Crippen LogP) is 2.89. The van der Waals surface area contributed by atoms with Crippen molar-refractivity contribution >= 4 is 0 Å². The van der Waals surface area contributed by atoms with Gasteiger partial charge in [-0.25, -0.2) is 0 Å². The molecule has 0 aromatic carbocycles. The Bertz CT molecular complexity index is 164. The first kappa shape index (κ1) is 14.0. The zero-order valence-electron chi connectivity index (χ0n) is 11.5. The van der Waals surface area contributed by atoms with E-state index >= 15 is 0 Å². The van der Waals surface area contributed by atoms with E-state index in [1.165, 1.54) is 58.2 Å². The van der Waals surface area contributed by atoms with Crippen LogP contribution in [0.2, 0.25) is 0 Å². The fraction of sp³-hybridized carbons (Fsp3) is 1.00. The van der Waals surface area contributed by atoms with Gasteiger partial charge in [-0.3, -0.25) is 0 Å². The van der Waals surface area contributed by atoms with Crippen molar-refractivity contribution in [2.75, 3.05) is 26.7 Å². The second-order valence-electron chi connectivity index (χ2n) is 5.61. The lowest BCUT2D eigenvalue weighted by molar-refractivity contribution is 0.242. The highest BCUT2D eigenvalue weighted by Crippen LogP contribution is 2.27. The van der Waals surface area contributed by atoms with E-state index < -0.39 is 0 Å². The van der Waals surface area contributed by atoms with E-state index in [-0.39, 0.29) is 0 Å². The van der Waals surface area contributed by atoms with Crippen LogP contribution >= 0.6 is 0 Å². The van der Waals surface area contributed by atoms with Gasteiger partial charge in [0.2, 0.25) is 0 Å². The van der Waals surface area contributed by atoms with Crippen LogP contribution < -0.4 is 5.32 Å². The fourth-order valence-corrected chi connectivity index (χ4v) is 2.13. The number of nitrogens with zero attached hydrogens (tertiary/aromatic N) is 1. The minimum absolute atomic E-state index is 0.852. The van der Waals surface area contributed by atoms with Gasteiger partial charge in [0.05, 0.1) is 0 Å². The van der Waals surface area contributed by atoms with Gasteiger partial charge in [0.25, 0.3) is 0 Å². The molecule has 0 aliphatic heterocycles. The van der Waals surface area contributed by atoms with Crippen molar-refractivity contribution in [3.63, 3.8) is 0 Å². The molecule has 0 radical (unpaired) electrons. The molecule has 0 amide bonds. The molecule has 1 saturated carbocycles. The van der Waals surface area contributed by atoms with E-state index in [1.807, 2.05) is 7.05 Å². The van der Waals surface area contributed by atoms with E-state index in [9.17, 15) is 0 Å². The van der Waals surface area contributed by atoms with Gasteiger partial charge in [-0.2, -0.15) is 0 Å². The summed E-state index contributed by atoms with van der Waals surface area (Å²) in [6.07, 6.45) is 8.37. The Morgan fingerprint density at radius 1 is 1.12 bits per heavy atom. The highest BCUT2D eigenvalue weighted by atomic mass is 15.2. The van der Waals surface area contributed by atoms with Crippen LogP contribution in [-0.4, -0.2) is 37.6 Å². The summed E-state index contributed by atoms with van der Waals surface area (Å²) >= 11 is 0. The van der Waals surface area contributed by atoms with Crippen molar-refractivity contribution in [1.82, 2.24) is 10.2 Å². The lowest BCUT2D eigenvalue weighted by Crippen LogP contribution is -2.29. The van der Waals surface area contributed by atoms with Gasteiger partial charge >= 0.3 is 0 Å². The monoisotopic (exact) mass is 226 g/mol. The summed E-state index contributed by atoms with van der Waals surface area (Å²) in [7, 11) is 2.04. The zero-order valence-corrected chi connectivity index (χ0v) is 11.5. The number of rotatable bonds is 10. The Hall–Kier alpha value is -0.0800. The molecule has 0 saturated heterocycles. The SMILES string of the molecule is CNCCCCCN(CCC(C)C)C1CC1. The second-order valence-corrected chi connectivity index (χ2v) is 5.61. The second kappa shape index (κ2) is 8.08. The van der Waals surface area contributed by atoms with E-state index in [1.54, 1.807) is 0 Å². The van der Waals surface area contributed by atoms with E-state index in [2.05, 4.69) is 24.1 Å². The highest BCUT2D eigenvalue weighted by molar-refractivity contribution is 4.84. The molecule has 0 spiro atoms. The van der Waals surface area contributed by atoms with Crippen molar-refractivity contribution in [3.8, 4) is 0 Å². The fourth-order valence-electron chi connectivity index (χ4n) is 2.13. The van der Waals surface area contributed by atoms with Crippen LogP contribution in [0.3, 0.4) is 0 Å². The normalized spacial score (nSPS) is 16.3. The Balaban J connectivity index is 2.04. The first-order valence-corrected chi connectivity index (χ1v) is 7.12. The van der Waals surface area contributed by atoms with Crippen LogP contribution in [0.15, 0.2) is 0 Å². The van der Waals surface area contributed by atoms with Gasteiger partial charge in [-0.15, -0.1) is 0 Å². The number of hydrogen-bond acceptors (Lipinski definition) is 2. The molecule has 1 fully saturated rings. The van der Waals surface area contributed by atoms with Gasteiger partial charge in [0.15, 0.2) is 0 Å². The molecule has 0 aromatic rings. The van der Waals surface area contributed by atoms with Crippen molar-refractivity contribution in [1.29, 1.82) is 0 Å². The lowest BCUT2D eigenvalue weighted by Gasteiger charge is -2.22. The summed E-state index contributed by atoms with van der Waals surface area (Å²) in [5.41, 5.74) is 0. The average Bonchev–Trinajstić information content (AvgIpc) is 3.05. The summed E-state index contributed by atoms with van der Waals surface area (Å²) in [5.74, 6) is 0.852. The lowest BCUT2D eigenvalue weighted by atomic mass is 10.1. The van der Waals surface area contributed by atoms with Crippen molar-refractivity contribution < 1.29 is 0 Å².